The fourth-order valence-electron chi connectivity index (χ4n) is 1.85. The van der Waals surface area contributed by atoms with Crippen molar-refractivity contribution in [1.29, 1.82) is 0 Å². The van der Waals surface area contributed by atoms with E-state index in [1.54, 1.807) is 6.07 Å². The summed E-state index contributed by atoms with van der Waals surface area (Å²) in [5, 5.41) is 13.5. The van der Waals surface area contributed by atoms with E-state index in [-0.39, 0.29) is 12.1 Å². The molecule has 2 aromatic rings. The molecular formula is C14H13F3N4OS2. The van der Waals surface area contributed by atoms with Gasteiger partial charge < -0.3 is 5.32 Å². The van der Waals surface area contributed by atoms with Gasteiger partial charge in [0.25, 0.3) is 0 Å². The number of amides is 2. The number of carbonyl (C=O) groups is 1. The molecule has 10 heteroatoms. The van der Waals surface area contributed by atoms with E-state index in [0.717, 1.165) is 25.0 Å². The first-order chi connectivity index (χ1) is 11.4. The van der Waals surface area contributed by atoms with E-state index in [0.29, 0.717) is 20.8 Å². The molecule has 0 saturated heterocycles. The van der Waals surface area contributed by atoms with E-state index in [1.165, 1.54) is 29.2 Å². The maximum atomic E-state index is 12.7. The number of urea groups is 1. The molecule has 0 bridgehead atoms. The topological polar surface area (TPSA) is 66.9 Å². The van der Waals surface area contributed by atoms with Gasteiger partial charge >= 0.3 is 12.2 Å². The van der Waals surface area contributed by atoms with Gasteiger partial charge in [0.1, 0.15) is 0 Å². The molecule has 1 fully saturated rings. The highest BCUT2D eigenvalue weighted by Crippen LogP contribution is 2.32. The van der Waals surface area contributed by atoms with E-state index in [9.17, 15) is 18.0 Å². The predicted octanol–water partition coefficient (Wildman–Crippen LogP) is 4.13. The number of halogens is 3. The lowest BCUT2D eigenvalue weighted by Crippen LogP contribution is -2.30. The van der Waals surface area contributed by atoms with E-state index in [1.807, 2.05) is 0 Å². The minimum absolute atomic E-state index is 0.243. The van der Waals surface area contributed by atoms with Crippen molar-refractivity contribution in [2.24, 2.45) is 0 Å². The Hall–Kier alpha value is -1.81. The molecule has 2 amide bonds. The zero-order chi connectivity index (χ0) is 17.2. The second-order valence-corrected chi connectivity index (χ2v) is 7.43. The van der Waals surface area contributed by atoms with Crippen LogP contribution in [0.1, 0.15) is 24.0 Å². The van der Waals surface area contributed by atoms with E-state index < -0.39 is 11.7 Å². The number of nitrogens with one attached hydrogen (secondary N) is 2. The summed E-state index contributed by atoms with van der Waals surface area (Å²) in [6.45, 7) is 0. The number of carbonyl (C=O) groups excluding carboxylic acids is 1. The monoisotopic (exact) mass is 374 g/mol. The number of rotatable bonds is 5. The van der Waals surface area contributed by atoms with E-state index >= 15 is 0 Å². The van der Waals surface area contributed by atoms with Gasteiger partial charge in [-0.15, -0.1) is 10.2 Å². The van der Waals surface area contributed by atoms with Crippen molar-refractivity contribution in [3.8, 4) is 0 Å². The fourth-order valence-corrected chi connectivity index (χ4v) is 3.54. The van der Waals surface area contributed by atoms with Crippen LogP contribution in [0.2, 0.25) is 0 Å². The lowest BCUT2D eigenvalue weighted by molar-refractivity contribution is -0.137. The lowest BCUT2D eigenvalue weighted by atomic mass is 10.1. The van der Waals surface area contributed by atoms with Gasteiger partial charge in [-0.05, 0) is 24.5 Å². The number of anilines is 1. The van der Waals surface area contributed by atoms with Crippen LogP contribution in [-0.2, 0) is 11.9 Å². The van der Waals surface area contributed by atoms with Crippen molar-refractivity contribution in [3.05, 3.63) is 35.4 Å². The molecule has 0 atom stereocenters. The lowest BCUT2D eigenvalue weighted by Gasteiger charge is -2.07. The summed E-state index contributed by atoms with van der Waals surface area (Å²) in [4.78, 5) is 11.6. The third kappa shape index (κ3) is 4.84. The van der Waals surface area contributed by atoms with Gasteiger partial charge in [-0.3, -0.25) is 5.32 Å². The second-order valence-electron chi connectivity index (χ2n) is 5.23. The van der Waals surface area contributed by atoms with Gasteiger partial charge in [0.2, 0.25) is 5.13 Å². The fraction of sp³-hybridized carbons (Fsp3) is 0.357. The van der Waals surface area contributed by atoms with Gasteiger partial charge in [0.15, 0.2) is 4.34 Å². The average molecular weight is 374 g/mol. The number of benzene rings is 1. The highest BCUT2D eigenvalue weighted by Gasteiger charge is 2.30. The third-order valence-electron chi connectivity index (χ3n) is 3.16. The Morgan fingerprint density at radius 2 is 2.12 bits per heavy atom. The Bertz CT molecular complexity index is 731. The highest BCUT2D eigenvalue weighted by atomic mass is 32.2. The van der Waals surface area contributed by atoms with Gasteiger partial charge in [0, 0.05) is 11.8 Å². The van der Waals surface area contributed by atoms with Crippen LogP contribution in [0, 0.1) is 0 Å². The van der Waals surface area contributed by atoms with Crippen LogP contribution in [0.5, 0.6) is 0 Å². The molecule has 1 aromatic heterocycles. The summed E-state index contributed by atoms with van der Waals surface area (Å²) in [5.41, 5.74) is -0.122. The molecule has 1 aliphatic carbocycles. The van der Waals surface area contributed by atoms with E-state index in [4.69, 9.17) is 0 Å². The first-order valence-corrected chi connectivity index (χ1v) is 8.90. The molecule has 1 heterocycles. The summed E-state index contributed by atoms with van der Waals surface area (Å²) < 4.78 is 38.6. The number of alkyl halides is 3. The van der Waals surface area contributed by atoms with E-state index in [2.05, 4.69) is 20.8 Å². The van der Waals surface area contributed by atoms with Gasteiger partial charge in [-0.25, -0.2) is 4.79 Å². The summed E-state index contributed by atoms with van der Waals surface area (Å²) in [5.74, 6) is 0.340. The highest BCUT2D eigenvalue weighted by molar-refractivity contribution is 8.00. The Kier molecular flexibility index (Phi) is 4.95. The number of thioether (sulfide) groups is 1. The Morgan fingerprint density at radius 1 is 1.33 bits per heavy atom. The average Bonchev–Trinajstić information content (AvgIpc) is 3.22. The zero-order valence-corrected chi connectivity index (χ0v) is 13.9. The second kappa shape index (κ2) is 6.98. The molecular weight excluding hydrogens is 361 g/mol. The largest absolute Gasteiger partial charge is 0.416 e. The molecule has 1 aliphatic rings. The molecule has 3 rings (SSSR count). The maximum Gasteiger partial charge on any atom is 0.416 e. The van der Waals surface area contributed by atoms with Crippen molar-refractivity contribution < 1.29 is 18.0 Å². The van der Waals surface area contributed by atoms with Crippen LogP contribution >= 0.6 is 23.1 Å². The summed E-state index contributed by atoms with van der Waals surface area (Å²) in [6, 6.07) is 5.10. The number of hydrogen-bond acceptors (Lipinski definition) is 5. The van der Waals surface area contributed by atoms with Crippen molar-refractivity contribution >= 4 is 34.3 Å². The van der Waals surface area contributed by atoms with Gasteiger partial charge in [0.05, 0.1) is 5.56 Å². The molecule has 5 nitrogen and oxygen atoms in total. The van der Waals surface area contributed by atoms with Crippen LogP contribution in [0.4, 0.5) is 23.1 Å². The Morgan fingerprint density at radius 3 is 2.83 bits per heavy atom. The summed E-state index contributed by atoms with van der Waals surface area (Å²) in [6.07, 6.45) is -2.38. The molecule has 0 aliphatic heterocycles. The standard InChI is InChI=1S/C14H13F3N4OS2/c15-14(16,17)9-3-1-2-8(6-9)7-23-13-21-20-12(24-13)19-11(22)18-10-4-5-10/h1-3,6,10H,4-5,7H2,(H2,18,19,20,22). The number of hydrogen-bond donors (Lipinski definition) is 2. The zero-order valence-electron chi connectivity index (χ0n) is 12.3. The summed E-state index contributed by atoms with van der Waals surface area (Å²) in [7, 11) is 0. The van der Waals surface area contributed by atoms with Crippen LogP contribution in [0.25, 0.3) is 0 Å². The first-order valence-electron chi connectivity index (χ1n) is 7.10. The molecule has 1 saturated carbocycles. The van der Waals surface area contributed by atoms with Crippen molar-refractivity contribution in [3.63, 3.8) is 0 Å². The molecule has 1 aromatic carbocycles. The molecule has 0 unspecified atom stereocenters. The maximum absolute atomic E-state index is 12.7. The normalized spacial score (nSPS) is 14.5. The Labute approximate surface area is 144 Å². The molecule has 2 N–H and O–H groups in total. The van der Waals surface area contributed by atoms with Crippen LogP contribution in [0.3, 0.4) is 0 Å². The van der Waals surface area contributed by atoms with Crippen molar-refractivity contribution in [2.75, 3.05) is 5.32 Å². The first kappa shape index (κ1) is 17.0. The molecule has 24 heavy (non-hydrogen) atoms. The van der Waals surface area contributed by atoms with Crippen LogP contribution in [0.15, 0.2) is 28.6 Å². The quantitative estimate of drug-likeness (QED) is 0.610. The molecule has 0 spiro atoms. The van der Waals surface area contributed by atoms with Crippen LogP contribution in [-0.4, -0.2) is 22.3 Å². The smallest absolute Gasteiger partial charge is 0.335 e. The molecule has 0 radical (unpaired) electrons. The Balaban J connectivity index is 1.54. The molecule has 128 valence electrons. The SMILES string of the molecule is O=C(Nc1nnc(SCc2cccc(C(F)(F)F)c2)s1)NC1CC1. The predicted molar refractivity (Wildman–Crippen MR) is 86.1 cm³/mol. The minimum Gasteiger partial charge on any atom is -0.335 e. The number of nitrogens with zero attached hydrogens (tertiary/aromatic N) is 2. The van der Waals surface area contributed by atoms with Crippen LogP contribution < -0.4 is 10.6 Å². The minimum atomic E-state index is -4.35. The van der Waals surface area contributed by atoms with Gasteiger partial charge in [-0.2, -0.15) is 13.2 Å². The van der Waals surface area contributed by atoms with Gasteiger partial charge in [-0.1, -0.05) is 41.3 Å². The van der Waals surface area contributed by atoms with Crippen molar-refractivity contribution in [1.82, 2.24) is 15.5 Å². The summed E-state index contributed by atoms with van der Waals surface area (Å²) >= 11 is 2.46. The van der Waals surface area contributed by atoms with Crippen molar-refractivity contribution in [2.45, 2.75) is 35.2 Å². The third-order valence-corrected chi connectivity index (χ3v) is 5.20. The number of aromatic nitrogens is 2.